The van der Waals surface area contributed by atoms with Gasteiger partial charge in [-0.1, -0.05) is 77.8 Å². The molecule has 0 saturated carbocycles. The third-order valence-electron chi connectivity index (χ3n) is 5.26. The maximum absolute atomic E-state index is 6.33. The van der Waals surface area contributed by atoms with Crippen molar-refractivity contribution in [3.8, 4) is 11.1 Å². The number of halogens is 2. The normalized spacial score (nSPS) is 17.6. The lowest BCUT2D eigenvalue weighted by Gasteiger charge is -2.34. The van der Waals surface area contributed by atoms with Gasteiger partial charge < -0.3 is 5.32 Å². The topological polar surface area (TPSA) is 15.3 Å². The van der Waals surface area contributed by atoms with Crippen LogP contribution in [0.15, 0.2) is 72.8 Å². The van der Waals surface area contributed by atoms with Crippen molar-refractivity contribution < 1.29 is 0 Å². The van der Waals surface area contributed by atoms with Gasteiger partial charge in [0.1, 0.15) is 0 Å². The largest absolute Gasteiger partial charge is 0.311 e. The molecule has 0 bridgehead atoms. The van der Waals surface area contributed by atoms with Crippen molar-refractivity contribution >= 4 is 23.2 Å². The van der Waals surface area contributed by atoms with Gasteiger partial charge in [0.05, 0.1) is 0 Å². The van der Waals surface area contributed by atoms with E-state index in [0.29, 0.717) is 11.1 Å². The molecule has 1 aliphatic heterocycles. The molecule has 0 unspecified atom stereocenters. The average Bonchev–Trinajstić information content (AvgIpc) is 2.72. The van der Waals surface area contributed by atoms with Crippen LogP contribution in [0.4, 0.5) is 0 Å². The minimum Gasteiger partial charge on any atom is -0.311 e. The van der Waals surface area contributed by atoms with Crippen LogP contribution in [0, 0.1) is 0 Å². The molecule has 144 valence electrons. The van der Waals surface area contributed by atoms with Gasteiger partial charge in [-0.2, -0.15) is 0 Å². The molecule has 1 atom stereocenters. The summed E-state index contributed by atoms with van der Waals surface area (Å²) in [6, 6.07) is 25.5. The standard InChI is InChI=1S/C24H24Cl2N2/c25-21-10-11-24(26)23(15-21)20-8-6-19(7-9-20)16-28-13-12-27-22(17-28)14-18-4-2-1-3-5-18/h1-11,15,22,27H,12-14,16-17H2/t22-/m0/s1. The number of benzene rings is 3. The molecule has 4 heteroatoms. The SMILES string of the molecule is Clc1ccc(Cl)c(-c2ccc(CN3CCN[C@@H](Cc4ccccc4)C3)cc2)c1. The van der Waals surface area contributed by atoms with E-state index in [2.05, 4.69) is 64.8 Å². The van der Waals surface area contributed by atoms with Crippen LogP contribution < -0.4 is 5.32 Å². The molecule has 0 spiro atoms. The molecule has 1 aliphatic rings. The molecule has 28 heavy (non-hydrogen) atoms. The third-order valence-corrected chi connectivity index (χ3v) is 5.83. The number of hydrogen-bond donors (Lipinski definition) is 1. The molecule has 3 aromatic rings. The molecule has 3 aromatic carbocycles. The summed E-state index contributed by atoms with van der Waals surface area (Å²) >= 11 is 12.5. The zero-order valence-corrected chi connectivity index (χ0v) is 17.3. The molecule has 4 rings (SSSR count). The highest BCUT2D eigenvalue weighted by molar-refractivity contribution is 6.35. The molecular formula is C24H24Cl2N2. The molecule has 1 saturated heterocycles. The van der Waals surface area contributed by atoms with Crippen LogP contribution >= 0.6 is 23.2 Å². The van der Waals surface area contributed by atoms with E-state index >= 15 is 0 Å². The van der Waals surface area contributed by atoms with E-state index in [9.17, 15) is 0 Å². The van der Waals surface area contributed by atoms with E-state index in [4.69, 9.17) is 23.2 Å². The van der Waals surface area contributed by atoms with Crippen LogP contribution in [-0.2, 0) is 13.0 Å². The highest BCUT2D eigenvalue weighted by Gasteiger charge is 2.19. The Balaban J connectivity index is 1.39. The number of rotatable bonds is 5. The average molecular weight is 411 g/mol. The maximum atomic E-state index is 6.33. The summed E-state index contributed by atoms with van der Waals surface area (Å²) in [6.45, 7) is 4.15. The Morgan fingerprint density at radius 1 is 0.893 bits per heavy atom. The van der Waals surface area contributed by atoms with Gasteiger partial charge in [0.15, 0.2) is 0 Å². The van der Waals surface area contributed by atoms with Gasteiger partial charge >= 0.3 is 0 Å². The maximum Gasteiger partial charge on any atom is 0.0485 e. The van der Waals surface area contributed by atoms with Crippen LogP contribution in [0.5, 0.6) is 0 Å². The molecule has 2 nitrogen and oxygen atoms in total. The Morgan fingerprint density at radius 2 is 1.68 bits per heavy atom. The lowest BCUT2D eigenvalue weighted by molar-refractivity contribution is 0.192. The summed E-state index contributed by atoms with van der Waals surface area (Å²) in [5.74, 6) is 0. The van der Waals surface area contributed by atoms with Crippen molar-refractivity contribution in [3.05, 3.63) is 94.0 Å². The van der Waals surface area contributed by atoms with E-state index in [-0.39, 0.29) is 0 Å². The summed E-state index contributed by atoms with van der Waals surface area (Å²) in [7, 11) is 0. The Hall–Kier alpha value is -1.84. The fraction of sp³-hybridized carbons (Fsp3) is 0.250. The van der Waals surface area contributed by atoms with Crippen molar-refractivity contribution in [1.29, 1.82) is 0 Å². The lowest BCUT2D eigenvalue weighted by atomic mass is 10.0. The predicted molar refractivity (Wildman–Crippen MR) is 119 cm³/mol. The zero-order valence-electron chi connectivity index (χ0n) is 15.7. The summed E-state index contributed by atoms with van der Waals surface area (Å²) in [4.78, 5) is 2.53. The van der Waals surface area contributed by atoms with E-state index < -0.39 is 0 Å². The highest BCUT2D eigenvalue weighted by Crippen LogP contribution is 2.30. The van der Waals surface area contributed by atoms with Crippen molar-refractivity contribution in [3.63, 3.8) is 0 Å². The zero-order chi connectivity index (χ0) is 19.3. The van der Waals surface area contributed by atoms with Gasteiger partial charge in [0, 0.05) is 47.8 Å². The van der Waals surface area contributed by atoms with Crippen molar-refractivity contribution in [2.45, 2.75) is 19.0 Å². The molecule has 0 amide bonds. The minimum atomic E-state index is 0.501. The number of nitrogens with one attached hydrogen (secondary N) is 1. The van der Waals surface area contributed by atoms with Crippen molar-refractivity contribution in [1.82, 2.24) is 10.2 Å². The van der Waals surface area contributed by atoms with Gasteiger partial charge in [-0.3, -0.25) is 4.90 Å². The summed E-state index contributed by atoms with van der Waals surface area (Å²) in [5, 5.41) is 5.08. The number of nitrogens with zero attached hydrogens (tertiary/aromatic N) is 1. The van der Waals surface area contributed by atoms with Gasteiger partial charge in [0.2, 0.25) is 0 Å². The second-order valence-electron chi connectivity index (χ2n) is 7.40. The number of hydrogen-bond acceptors (Lipinski definition) is 2. The quantitative estimate of drug-likeness (QED) is 0.581. The summed E-state index contributed by atoms with van der Waals surface area (Å²) in [6.07, 6.45) is 1.07. The number of piperazine rings is 1. The van der Waals surface area contributed by atoms with Crippen LogP contribution in [-0.4, -0.2) is 30.6 Å². The second-order valence-corrected chi connectivity index (χ2v) is 8.24. The molecule has 1 fully saturated rings. The Labute approximate surface area is 177 Å². The molecule has 0 aromatic heterocycles. The van der Waals surface area contributed by atoms with Gasteiger partial charge in [-0.05, 0) is 41.3 Å². The Morgan fingerprint density at radius 3 is 2.46 bits per heavy atom. The fourth-order valence-electron chi connectivity index (χ4n) is 3.84. The first kappa shape index (κ1) is 19.5. The predicted octanol–water partition coefficient (Wildman–Crippen LogP) is 5.68. The molecule has 1 heterocycles. The smallest absolute Gasteiger partial charge is 0.0485 e. The summed E-state index contributed by atoms with van der Waals surface area (Å²) < 4.78 is 0. The van der Waals surface area contributed by atoms with Crippen molar-refractivity contribution in [2.24, 2.45) is 0 Å². The first-order chi connectivity index (χ1) is 13.7. The Bertz CT molecular complexity index is 910. The molecule has 0 aliphatic carbocycles. The van der Waals surface area contributed by atoms with Crippen LogP contribution in [0.1, 0.15) is 11.1 Å². The van der Waals surface area contributed by atoms with E-state index in [1.807, 2.05) is 18.2 Å². The van der Waals surface area contributed by atoms with Gasteiger partial charge in [0.25, 0.3) is 0 Å². The highest BCUT2D eigenvalue weighted by atomic mass is 35.5. The van der Waals surface area contributed by atoms with Crippen LogP contribution in [0.2, 0.25) is 10.0 Å². The minimum absolute atomic E-state index is 0.501. The van der Waals surface area contributed by atoms with E-state index in [0.717, 1.165) is 48.7 Å². The monoisotopic (exact) mass is 410 g/mol. The van der Waals surface area contributed by atoms with Crippen molar-refractivity contribution in [2.75, 3.05) is 19.6 Å². The second kappa shape index (κ2) is 9.11. The first-order valence-corrected chi connectivity index (χ1v) is 10.5. The third kappa shape index (κ3) is 4.95. The van der Waals surface area contributed by atoms with Crippen LogP contribution in [0.25, 0.3) is 11.1 Å². The van der Waals surface area contributed by atoms with Crippen LogP contribution in [0.3, 0.4) is 0 Å². The summed E-state index contributed by atoms with van der Waals surface area (Å²) in [5.41, 5.74) is 4.79. The molecule has 0 radical (unpaired) electrons. The van der Waals surface area contributed by atoms with Gasteiger partial charge in [-0.25, -0.2) is 0 Å². The molecule has 1 N–H and O–H groups in total. The van der Waals surface area contributed by atoms with E-state index in [1.54, 1.807) is 0 Å². The lowest BCUT2D eigenvalue weighted by Crippen LogP contribution is -2.51. The molecular weight excluding hydrogens is 387 g/mol. The Kier molecular flexibility index (Phi) is 6.33. The fourth-order valence-corrected chi connectivity index (χ4v) is 4.24. The first-order valence-electron chi connectivity index (χ1n) is 9.71. The van der Waals surface area contributed by atoms with E-state index in [1.165, 1.54) is 11.1 Å². The van der Waals surface area contributed by atoms with Gasteiger partial charge in [-0.15, -0.1) is 0 Å².